The number of nitrogens with one attached hydrogen (secondary N) is 2. The predicted octanol–water partition coefficient (Wildman–Crippen LogP) is 4.42. The van der Waals surface area contributed by atoms with E-state index in [0.29, 0.717) is 28.5 Å². The molecular formula is C26H24N4O3S. The number of hydrogen-bond acceptors (Lipinski definition) is 5. The summed E-state index contributed by atoms with van der Waals surface area (Å²) in [7, 11) is 1.33. The lowest BCUT2D eigenvalue weighted by Crippen LogP contribution is -2.36. The molecule has 0 atom stereocenters. The van der Waals surface area contributed by atoms with Gasteiger partial charge in [-0.1, -0.05) is 30.3 Å². The molecule has 2 heterocycles. The van der Waals surface area contributed by atoms with Gasteiger partial charge in [0.1, 0.15) is 0 Å². The highest BCUT2D eigenvalue weighted by atomic mass is 32.1. The van der Waals surface area contributed by atoms with Crippen LogP contribution in [-0.4, -0.2) is 33.1 Å². The van der Waals surface area contributed by atoms with Gasteiger partial charge >= 0.3 is 5.97 Å². The first kappa shape index (κ1) is 23.1. The normalized spacial score (nSPS) is 10.6. The van der Waals surface area contributed by atoms with Gasteiger partial charge < -0.3 is 19.9 Å². The van der Waals surface area contributed by atoms with E-state index in [4.69, 9.17) is 17.0 Å². The number of anilines is 1. The zero-order valence-electron chi connectivity index (χ0n) is 18.9. The standard InChI is InChI=1S/C26H24N4O3S/c1-17-9-10-19-13-20(24(31)28-23(19)12-17)16-30(15-18-6-5-11-27-14-18)26(34)29-22-8-4-3-7-21(22)25(32)33-2/h3-14H,15-16H2,1-2H3,(H,28,31)(H,29,34). The largest absolute Gasteiger partial charge is 0.465 e. The van der Waals surface area contributed by atoms with E-state index in [9.17, 15) is 9.59 Å². The molecule has 0 aliphatic carbocycles. The van der Waals surface area contributed by atoms with Crippen LogP contribution < -0.4 is 10.9 Å². The number of aryl methyl sites for hydroxylation is 1. The number of pyridine rings is 2. The summed E-state index contributed by atoms with van der Waals surface area (Å²) >= 11 is 5.72. The second-order valence-electron chi connectivity index (χ2n) is 7.90. The SMILES string of the molecule is COC(=O)c1ccccc1NC(=S)N(Cc1cccnc1)Cc1cc2ccc(C)cc2[nH]c1=O. The molecule has 0 aliphatic rings. The van der Waals surface area contributed by atoms with Crippen molar-refractivity contribution in [1.82, 2.24) is 14.9 Å². The number of ether oxygens (including phenoxy) is 1. The van der Waals surface area contributed by atoms with E-state index in [1.54, 1.807) is 36.7 Å². The topological polar surface area (TPSA) is 87.3 Å². The van der Waals surface area contributed by atoms with Gasteiger partial charge in [-0.3, -0.25) is 9.78 Å². The van der Waals surface area contributed by atoms with Gasteiger partial charge in [-0.2, -0.15) is 0 Å². The average Bonchev–Trinajstić information content (AvgIpc) is 2.84. The number of nitrogens with zero attached hydrogens (tertiary/aromatic N) is 2. The maximum atomic E-state index is 12.9. The number of methoxy groups -OCH3 is 1. The van der Waals surface area contributed by atoms with Crippen LogP contribution >= 0.6 is 12.2 Å². The minimum atomic E-state index is -0.467. The number of carbonyl (C=O) groups is 1. The first-order valence-corrected chi connectivity index (χ1v) is 11.1. The molecule has 4 rings (SSSR count). The Balaban J connectivity index is 1.66. The molecule has 2 aromatic carbocycles. The van der Waals surface area contributed by atoms with Crippen LogP contribution in [0.3, 0.4) is 0 Å². The summed E-state index contributed by atoms with van der Waals surface area (Å²) in [5.74, 6) is -0.467. The van der Waals surface area contributed by atoms with Gasteiger partial charge in [0.2, 0.25) is 0 Å². The molecule has 0 spiro atoms. The van der Waals surface area contributed by atoms with Gasteiger partial charge in [0.15, 0.2) is 5.11 Å². The van der Waals surface area contributed by atoms with Crippen LogP contribution in [0.2, 0.25) is 0 Å². The molecule has 7 nitrogen and oxygen atoms in total. The van der Waals surface area contributed by atoms with E-state index in [1.807, 2.05) is 48.2 Å². The number of fused-ring (bicyclic) bond motifs is 1. The Kier molecular flexibility index (Phi) is 6.98. The second-order valence-corrected chi connectivity index (χ2v) is 8.29. The van der Waals surface area contributed by atoms with Crippen LogP contribution in [0.1, 0.15) is 27.0 Å². The van der Waals surface area contributed by atoms with Gasteiger partial charge in [-0.25, -0.2) is 4.79 Å². The summed E-state index contributed by atoms with van der Waals surface area (Å²) in [6, 6.07) is 18.6. The molecule has 0 saturated carbocycles. The lowest BCUT2D eigenvalue weighted by atomic mass is 10.1. The van der Waals surface area contributed by atoms with Gasteiger partial charge in [-0.15, -0.1) is 0 Å². The number of para-hydroxylation sites is 1. The molecular weight excluding hydrogens is 448 g/mol. The summed E-state index contributed by atoms with van der Waals surface area (Å²) in [5.41, 5.74) is 4.09. The number of aromatic amines is 1. The third kappa shape index (κ3) is 5.29. The molecule has 0 saturated heterocycles. The molecule has 2 N–H and O–H groups in total. The summed E-state index contributed by atoms with van der Waals surface area (Å²) in [4.78, 5) is 34.1. The fraction of sp³-hybridized carbons (Fsp3) is 0.154. The zero-order chi connectivity index (χ0) is 24.1. The van der Waals surface area contributed by atoms with Crippen molar-refractivity contribution in [3.63, 3.8) is 0 Å². The highest BCUT2D eigenvalue weighted by Gasteiger charge is 2.17. The Bertz CT molecular complexity index is 1400. The number of rotatable bonds is 6. The number of aromatic nitrogens is 2. The van der Waals surface area contributed by atoms with Gasteiger partial charge in [0, 0.05) is 30.0 Å². The van der Waals surface area contributed by atoms with Gasteiger partial charge in [0.05, 0.1) is 24.9 Å². The van der Waals surface area contributed by atoms with Crippen LogP contribution in [0, 0.1) is 6.92 Å². The number of carbonyl (C=O) groups excluding carboxylic acids is 1. The molecule has 0 unspecified atom stereocenters. The van der Waals surface area contributed by atoms with E-state index in [2.05, 4.69) is 15.3 Å². The van der Waals surface area contributed by atoms with Gasteiger partial charge in [0.25, 0.3) is 5.56 Å². The van der Waals surface area contributed by atoms with E-state index >= 15 is 0 Å². The Hall–Kier alpha value is -4.04. The summed E-state index contributed by atoms with van der Waals surface area (Å²) < 4.78 is 4.89. The highest BCUT2D eigenvalue weighted by molar-refractivity contribution is 7.80. The third-order valence-electron chi connectivity index (χ3n) is 5.40. The maximum absolute atomic E-state index is 12.9. The monoisotopic (exact) mass is 472 g/mol. The first-order valence-electron chi connectivity index (χ1n) is 10.7. The molecule has 172 valence electrons. The van der Waals surface area contributed by atoms with E-state index in [1.165, 1.54) is 7.11 Å². The second kappa shape index (κ2) is 10.3. The van der Waals surface area contributed by atoms with Crippen molar-refractivity contribution < 1.29 is 9.53 Å². The number of thiocarbonyl (C=S) groups is 1. The van der Waals surface area contributed by atoms with Crippen molar-refractivity contribution >= 4 is 39.9 Å². The Morgan fingerprint density at radius 2 is 1.94 bits per heavy atom. The smallest absolute Gasteiger partial charge is 0.339 e. The van der Waals surface area contributed by atoms with E-state index < -0.39 is 5.97 Å². The minimum absolute atomic E-state index is 0.174. The van der Waals surface area contributed by atoms with Crippen molar-refractivity contribution in [3.8, 4) is 0 Å². The maximum Gasteiger partial charge on any atom is 0.339 e. The predicted molar refractivity (Wildman–Crippen MR) is 137 cm³/mol. The molecule has 0 amide bonds. The molecule has 8 heteroatoms. The molecule has 4 aromatic rings. The molecule has 2 aromatic heterocycles. The van der Waals surface area contributed by atoms with Crippen molar-refractivity contribution in [3.05, 3.63) is 106 Å². The molecule has 0 aliphatic heterocycles. The summed E-state index contributed by atoms with van der Waals surface area (Å²) in [6.45, 7) is 2.67. The fourth-order valence-electron chi connectivity index (χ4n) is 3.67. The Labute approximate surface area is 202 Å². The van der Waals surface area contributed by atoms with Crippen LogP contribution in [0.25, 0.3) is 10.9 Å². The van der Waals surface area contributed by atoms with Crippen molar-refractivity contribution in [2.45, 2.75) is 20.0 Å². The Morgan fingerprint density at radius 1 is 1.12 bits per heavy atom. The third-order valence-corrected chi connectivity index (χ3v) is 5.76. The van der Waals surface area contributed by atoms with Gasteiger partial charge in [-0.05, 0) is 66.0 Å². The van der Waals surface area contributed by atoms with E-state index in [-0.39, 0.29) is 12.1 Å². The molecule has 0 fully saturated rings. The zero-order valence-corrected chi connectivity index (χ0v) is 19.7. The van der Waals surface area contributed by atoms with Crippen LogP contribution in [0.4, 0.5) is 5.69 Å². The van der Waals surface area contributed by atoms with Crippen LogP contribution in [-0.2, 0) is 17.8 Å². The number of benzene rings is 2. The summed E-state index contributed by atoms with van der Waals surface area (Å²) in [5, 5.41) is 4.46. The minimum Gasteiger partial charge on any atom is -0.465 e. The average molecular weight is 473 g/mol. The first-order chi connectivity index (χ1) is 16.4. The van der Waals surface area contributed by atoms with Crippen molar-refractivity contribution in [2.75, 3.05) is 12.4 Å². The number of esters is 1. The number of hydrogen-bond donors (Lipinski definition) is 2. The summed E-state index contributed by atoms with van der Waals surface area (Å²) in [6.07, 6.45) is 3.46. The number of H-pyrrole nitrogens is 1. The van der Waals surface area contributed by atoms with Crippen molar-refractivity contribution in [2.24, 2.45) is 0 Å². The van der Waals surface area contributed by atoms with Crippen LogP contribution in [0.5, 0.6) is 0 Å². The van der Waals surface area contributed by atoms with Crippen LogP contribution in [0.15, 0.2) is 77.9 Å². The fourth-order valence-corrected chi connectivity index (χ4v) is 3.91. The quantitative estimate of drug-likeness (QED) is 0.317. The molecule has 34 heavy (non-hydrogen) atoms. The van der Waals surface area contributed by atoms with E-state index in [0.717, 1.165) is 22.0 Å². The Morgan fingerprint density at radius 3 is 2.71 bits per heavy atom. The lowest BCUT2D eigenvalue weighted by molar-refractivity contribution is 0.0602. The highest BCUT2D eigenvalue weighted by Crippen LogP contribution is 2.19. The molecule has 0 bridgehead atoms. The van der Waals surface area contributed by atoms with Crippen molar-refractivity contribution in [1.29, 1.82) is 0 Å². The lowest BCUT2D eigenvalue weighted by Gasteiger charge is -2.26. The molecule has 0 radical (unpaired) electrons.